The molecule has 0 unspecified atom stereocenters. The van der Waals surface area contributed by atoms with Gasteiger partial charge in [-0.2, -0.15) is 0 Å². The van der Waals surface area contributed by atoms with Crippen LogP contribution in [-0.2, 0) is 22.6 Å². The van der Waals surface area contributed by atoms with Gasteiger partial charge >= 0.3 is 0 Å². The van der Waals surface area contributed by atoms with Gasteiger partial charge in [0.1, 0.15) is 5.82 Å². The van der Waals surface area contributed by atoms with Crippen LogP contribution in [0.2, 0.25) is 0 Å². The summed E-state index contributed by atoms with van der Waals surface area (Å²) in [5.41, 5.74) is 2.94. The Bertz CT molecular complexity index is 1100. The molecule has 33 heavy (non-hydrogen) atoms. The predicted octanol–water partition coefficient (Wildman–Crippen LogP) is 4.20. The quantitative estimate of drug-likeness (QED) is 0.530. The first-order valence-electron chi connectivity index (χ1n) is 11.9. The molecule has 1 N–H and O–H groups in total. The van der Waals surface area contributed by atoms with E-state index in [0.717, 1.165) is 48.4 Å². The summed E-state index contributed by atoms with van der Waals surface area (Å²) in [5.74, 6) is 0.991. The first-order valence-corrected chi connectivity index (χ1v) is 11.9. The van der Waals surface area contributed by atoms with Crippen molar-refractivity contribution in [2.45, 2.75) is 45.1 Å². The van der Waals surface area contributed by atoms with Crippen LogP contribution in [0.4, 0.5) is 0 Å². The first kappa shape index (κ1) is 22.8. The molecule has 0 aliphatic carbocycles. The number of benzene rings is 2. The summed E-state index contributed by atoms with van der Waals surface area (Å²) in [6.07, 6.45) is 9.07. The number of aryl methyl sites for hydroxylation is 1. The molecular weight excluding hydrogens is 412 g/mol. The molecule has 0 bridgehead atoms. The molecule has 0 atom stereocenters. The highest BCUT2D eigenvalue weighted by molar-refractivity contribution is 5.91. The molecule has 0 spiro atoms. The molecule has 2 amide bonds. The van der Waals surface area contributed by atoms with Gasteiger partial charge in [0.15, 0.2) is 0 Å². The fourth-order valence-corrected chi connectivity index (χ4v) is 4.34. The second kappa shape index (κ2) is 11.5. The number of rotatable bonds is 8. The van der Waals surface area contributed by atoms with Crippen LogP contribution in [-0.4, -0.2) is 45.9 Å². The number of hydrogen-bond acceptors (Lipinski definition) is 3. The highest BCUT2D eigenvalue weighted by Gasteiger charge is 2.17. The van der Waals surface area contributed by atoms with E-state index in [4.69, 9.17) is 4.98 Å². The van der Waals surface area contributed by atoms with Crippen LogP contribution in [0.5, 0.6) is 0 Å². The number of carbonyl (C=O) groups excluding carboxylic acids is 2. The number of para-hydroxylation sites is 2. The maximum atomic E-state index is 12.8. The number of fused-ring (bicyclic) bond motifs is 1. The molecular formula is C27H32N4O2. The molecule has 1 aromatic heterocycles. The second-order valence-electron chi connectivity index (χ2n) is 8.50. The number of imidazole rings is 1. The molecule has 1 fully saturated rings. The second-order valence-corrected chi connectivity index (χ2v) is 8.50. The monoisotopic (exact) mass is 444 g/mol. The van der Waals surface area contributed by atoms with E-state index in [1.807, 2.05) is 59.5 Å². The molecule has 6 heteroatoms. The number of nitrogens with one attached hydrogen (secondary N) is 1. The average Bonchev–Trinajstić information content (AvgIpc) is 2.99. The number of likely N-dealkylation sites (tertiary alicyclic amines) is 1. The summed E-state index contributed by atoms with van der Waals surface area (Å²) < 4.78 is 2.14. The number of amides is 2. The molecule has 6 nitrogen and oxygen atoms in total. The third-order valence-electron chi connectivity index (χ3n) is 6.12. The Balaban J connectivity index is 1.37. The highest BCUT2D eigenvalue weighted by Crippen LogP contribution is 2.18. The molecule has 172 valence electrons. The lowest BCUT2D eigenvalue weighted by Gasteiger charge is -2.20. The zero-order valence-corrected chi connectivity index (χ0v) is 19.1. The van der Waals surface area contributed by atoms with Gasteiger partial charge in [0, 0.05) is 45.1 Å². The molecule has 4 rings (SSSR count). The highest BCUT2D eigenvalue weighted by atomic mass is 16.2. The van der Waals surface area contributed by atoms with Crippen molar-refractivity contribution in [1.29, 1.82) is 0 Å². The first-order chi connectivity index (χ1) is 16.2. The van der Waals surface area contributed by atoms with Gasteiger partial charge in [-0.25, -0.2) is 4.98 Å². The van der Waals surface area contributed by atoms with Gasteiger partial charge in [0.25, 0.3) is 0 Å². The summed E-state index contributed by atoms with van der Waals surface area (Å²) in [6.45, 7) is 2.84. The molecule has 1 saturated heterocycles. The van der Waals surface area contributed by atoms with Crippen molar-refractivity contribution in [3.05, 3.63) is 72.1 Å². The van der Waals surface area contributed by atoms with Crippen LogP contribution in [0.15, 0.2) is 60.7 Å². The standard InChI is InChI=1S/C27H32N4O2/c32-26(15-14-22-10-4-3-5-11-22)28-18-16-25-29-23-12-6-7-13-24(23)31(25)21-17-27(33)30-19-8-1-2-9-20-30/h3-7,10-15H,1-2,8-9,16-21H2,(H,28,32)/b15-14+. The minimum atomic E-state index is -0.127. The largest absolute Gasteiger partial charge is 0.352 e. The maximum absolute atomic E-state index is 12.8. The van der Waals surface area contributed by atoms with E-state index in [2.05, 4.69) is 9.88 Å². The zero-order chi connectivity index (χ0) is 22.9. The molecule has 1 aliphatic heterocycles. The van der Waals surface area contributed by atoms with E-state index >= 15 is 0 Å². The number of nitrogens with zero attached hydrogens (tertiary/aromatic N) is 3. The third-order valence-corrected chi connectivity index (χ3v) is 6.12. The summed E-state index contributed by atoms with van der Waals surface area (Å²) in [6, 6.07) is 17.8. The molecule has 2 heterocycles. The number of carbonyl (C=O) groups is 2. The van der Waals surface area contributed by atoms with Crippen molar-refractivity contribution < 1.29 is 9.59 Å². The van der Waals surface area contributed by atoms with Crippen LogP contribution in [0.3, 0.4) is 0 Å². The number of aromatic nitrogens is 2. The van der Waals surface area contributed by atoms with Crippen molar-refractivity contribution in [1.82, 2.24) is 19.8 Å². The lowest BCUT2D eigenvalue weighted by molar-refractivity contribution is -0.131. The maximum Gasteiger partial charge on any atom is 0.244 e. The summed E-state index contributed by atoms with van der Waals surface area (Å²) >= 11 is 0. The number of hydrogen-bond donors (Lipinski definition) is 1. The van der Waals surface area contributed by atoms with Gasteiger partial charge < -0.3 is 14.8 Å². The van der Waals surface area contributed by atoms with Crippen LogP contribution in [0.1, 0.15) is 43.5 Å². The normalized spacial score (nSPS) is 14.5. The van der Waals surface area contributed by atoms with Crippen LogP contribution in [0, 0.1) is 0 Å². The Morgan fingerprint density at radius 3 is 2.45 bits per heavy atom. The van der Waals surface area contributed by atoms with Crippen LogP contribution in [0.25, 0.3) is 17.1 Å². The van der Waals surface area contributed by atoms with Gasteiger partial charge in [-0.3, -0.25) is 9.59 Å². The van der Waals surface area contributed by atoms with Crippen molar-refractivity contribution in [2.75, 3.05) is 19.6 Å². The fourth-order valence-electron chi connectivity index (χ4n) is 4.34. The summed E-state index contributed by atoms with van der Waals surface area (Å²) in [5, 5.41) is 2.94. The van der Waals surface area contributed by atoms with Crippen LogP contribution < -0.4 is 5.32 Å². The van der Waals surface area contributed by atoms with E-state index in [1.54, 1.807) is 12.2 Å². The molecule has 2 aromatic carbocycles. The topological polar surface area (TPSA) is 67.2 Å². The van der Waals surface area contributed by atoms with Gasteiger partial charge in [-0.15, -0.1) is 0 Å². The zero-order valence-electron chi connectivity index (χ0n) is 19.1. The van der Waals surface area contributed by atoms with Gasteiger partial charge in [-0.05, 0) is 36.6 Å². The van der Waals surface area contributed by atoms with Crippen molar-refractivity contribution >= 4 is 28.9 Å². The Labute approximate surface area is 195 Å². The van der Waals surface area contributed by atoms with Gasteiger partial charge in [0.05, 0.1) is 11.0 Å². The van der Waals surface area contributed by atoms with Crippen molar-refractivity contribution in [3.63, 3.8) is 0 Å². The molecule has 1 aliphatic rings. The van der Waals surface area contributed by atoms with E-state index < -0.39 is 0 Å². The van der Waals surface area contributed by atoms with Gasteiger partial charge in [-0.1, -0.05) is 55.3 Å². The third kappa shape index (κ3) is 6.31. The van der Waals surface area contributed by atoms with Crippen LogP contribution >= 0.6 is 0 Å². The summed E-state index contributed by atoms with van der Waals surface area (Å²) in [7, 11) is 0. The molecule has 3 aromatic rings. The fraction of sp³-hybridized carbons (Fsp3) is 0.370. The van der Waals surface area contributed by atoms with E-state index in [9.17, 15) is 9.59 Å². The van der Waals surface area contributed by atoms with Gasteiger partial charge in [0.2, 0.25) is 11.8 Å². The van der Waals surface area contributed by atoms with E-state index in [-0.39, 0.29) is 11.8 Å². The van der Waals surface area contributed by atoms with E-state index in [1.165, 1.54) is 12.8 Å². The Kier molecular flexibility index (Phi) is 7.90. The lowest BCUT2D eigenvalue weighted by atomic mass is 10.2. The predicted molar refractivity (Wildman–Crippen MR) is 132 cm³/mol. The molecule has 0 radical (unpaired) electrons. The Morgan fingerprint density at radius 2 is 1.67 bits per heavy atom. The Morgan fingerprint density at radius 1 is 0.939 bits per heavy atom. The SMILES string of the molecule is O=C(/C=C/c1ccccc1)NCCc1nc2ccccc2n1CCC(=O)N1CCCCCC1. The minimum Gasteiger partial charge on any atom is -0.352 e. The molecule has 0 saturated carbocycles. The van der Waals surface area contributed by atoms with E-state index in [0.29, 0.717) is 25.9 Å². The van der Waals surface area contributed by atoms with Crippen molar-refractivity contribution in [2.24, 2.45) is 0 Å². The smallest absolute Gasteiger partial charge is 0.244 e. The lowest BCUT2D eigenvalue weighted by Crippen LogP contribution is -2.32. The minimum absolute atomic E-state index is 0.127. The van der Waals surface area contributed by atoms with Crippen molar-refractivity contribution in [3.8, 4) is 0 Å². The summed E-state index contributed by atoms with van der Waals surface area (Å²) in [4.78, 5) is 31.8. The average molecular weight is 445 g/mol. The Hall–Kier alpha value is -3.41.